The molecule has 0 fully saturated rings. The number of benzene rings is 10. The fourth-order valence-electron chi connectivity index (χ4n) is 9.13. The summed E-state index contributed by atoms with van der Waals surface area (Å²) in [5.41, 5.74) is 3.71. The molecule has 2 heteroatoms. The van der Waals surface area contributed by atoms with E-state index in [-0.39, 0.29) is 0 Å². The third kappa shape index (κ3) is 3.31. The van der Waals surface area contributed by atoms with E-state index >= 15 is 0 Å². The average molecular weight is 650 g/mol. The molecule has 0 radical (unpaired) electrons. The van der Waals surface area contributed by atoms with Crippen LogP contribution in [-0.2, 0) is 0 Å². The third-order valence-electron chi connectivity index (χ3n) is 11.1. The molecule has 0 aliphatic rings. The van der Waals surface area contributed by atoms with Crippen molar-refractivity contribution in [3.63, 3.8) is 0 Å². The molecule has 2 aromatic heterocycles. The molecule has 10 aromatic carbocycles. The average Bonchev–Trinajstić information content (AvgIpc) is 3.74. The first kappa shape index (κ1) is 26.7. The zero-order chi connectivity index (χ0) is 32.5. The molecule has 12 aromatic rings. The molecule has 230 valence electrons. The lowest BCUT2D eigenvalue weighted by Gasteiger charge is -2.16. The lowest BCUT2D eigenvalue weighted by Crippen LogP contribution is -1.95. The number of hydrogen-bond acceptors (Lipinski definition) is 1. The summed E-state index contributed by atoms with van der Waals surface area (Å²) in [6, 6.07) is 61.0. The van der Waals surface area contributed by atoms with Crippen LogP contribution in [0.15, 0.2) is 164 Å². The Balaban J connectivity index is 1.37. The summed E-state index contributed by atoms with van der Waals surface area (Å²) in [5.74, 6) is 0. The highest BCUT2D eigenvalue weighted by Gasteiger charge is 2.25. The van der Waals surface area contributed by atoms with E-state index in [1.165, 1.54) is 112 Å². The van der Waals surface area contributed by atoms with E-state index in [0.717, 1.165) is 0 Å². The van der Waals surface area contributed by atoms with Crippen molar-refractivity contribution in [2.75, 3.05) is 0 Å². The molecule has 0 N–H and O–H groups in total. The Hall–Kier alpha value is -6.22. The van der Waals surface area contributed by atoms with Crippen molar-refractivity contribution < 1.29 is 0 Å². The second-order valence-electron chi connectivity index (χ2n) is 13.5. The third-order valence-corrected chi connectivity index (χ3v) is 12.3. The summed E-state index contributed by atoms with van der Waals surface area (Å²) >= 11 is 1.93. The van der Waals surface area contributed by atoms with Crippen LogP contribution in [0.4, 0.5) is 0 Å². The van der Waals surface area contributed by atoms with E-state index < -0.39 is 0 Å². The van der Waals surface area contributed by atoms with Gasteiger partial charge in [-0.2, -0.15) is 0 Å². The number of hydrogen-bond donors (Lipinski definition) is 0. The van der Waals surface area contributed by atoms with E-state index in [0.29, 0.717) is 0 Å². The van der Waals surface area contributed by atoms with Gasteiger partial charge in [0.2, 0.25) is 0 Å². The summed E-state index contributed by atoms with van der Waals surface area (Å²) in [5, 5.41) is 21.0. The van der Waals surface area contributed by atoms with Crippen LogP contribution in [0.3, 0.4) is 0 Å². The summed E-state index contributed by atoms with van der Waals surface area (Å²) in [6.07, 6.45) is 0. The topological polar surface area (TPSA) is 4.93 Å². The van der Waals surface area contributed by atoms with Crippen LogP contribution < -0.4 is 0 Å². The van der Waals surface area contributed by atoms with Crippen LogP contribution in [0.2, 0.25) is 0 Å². The van der Waals surface area contributed by atoms with Gasteiger partial charge in [0.25, 0.3) is 0 Å². The predicted octanol–water partition coefficient (Wildman–Crippen LogP) is 14.1. The molecule has 0 aliphatic carbocycles. The van der Waals surface area contributed by atoms with Gasteiger partial charge in [-0.25, -0.2) is 0 Å². The number of thiophene rings is 1. The van der Waals surface area contributed by atoms with Crippen LogP contribution >= 0.6 is 11.3 Å². The summed E-state index contributed by atoms with van der Waals surface area (Å²) in [6.45, 7) is 0. The molecule has 0 unspecified atom stereocenters. The van der Waals surface area contributed by atoms with E-state index in [1.807, 2.05) is 11.3 Å². The number of nitrogens with zero attached hydrogens (tertiary/aromatic N) is 1. The van der Waals surface area contributed by atoms with Crippen molar-refractivity contribution >= 4 is 118 Å². The smallest absolute Gasteiger partial charge is 0.0726 e. The Morgan fingerprint density at radius 1 is 0.320 bits per heavy atom. The molecule has 0 saturated carbocycles. The van der Waals surface area contributed by atoms with Gasteiger partial charge in [0, 0.05) is 42.7 Å². The normalized spacial score (nSPS) is 12.4. The zero-order valence-electron chi connectivity index (χ0n) is 26.9. The van der Waals surface area contributed by atoms with Gasteiger partial charge in [0.05, 0.1) is 15.7 Å². The van der Waals surface area contributed by atoms with Crippen LogP contribution in [0, 0.1) is 0 Å². The maximum absolute atomic E-state index is 2.56. The van der Waals surface area contributed by atoms with Gasteiger partial charge in [-0.15, -0.1) is 11.3 Å². The van der Waals surface area contributed by atoms with Crippen molar-refractivity contribution in [1.82, 2.24) is 4.57 Å². The molecule has 0 aliphatic heterocycles. The first-order chi connectivity index (χ1) is 24.8. The minimum Gasteiger partial charge on any atom is -0.308 e. The largest absolute Gasteiger partial charge is 0.308 e. The van der Waals surface area contributed by atoms with E-state index in [9.17, 15) is 0 Å². The van der Waals surface area contributed by atoms with Crippen molar-refractivity contribution in [1.29, 1.82) is 0 Å². The van der Waals surface area contributed by atoms with E-state index in [1.54, 1.807) is 0 Å². The summed E-state index contributed by atoms with van der Waals surface area (Å²) in [7, 11) is 0. The number of rotatable bonds is 1. The van der Waals surface area contributed by atoms with Gasteiger partial charge in [0.15, 0.2) is 0 Å². The van der Waals surface area contributed by atoms with Gasteiger partial charge in [-0.1, -0.05) is 140 Å². The SMILES string of the molecule is c1ccc2c(c1)sc1c2c2c3ccccc3c3ccccc3c2c2c3ccccc3n(-c3ccc4c5ccccc5c5ccccc5c4c3)c12. The van der Waals surface area contributed by atoms with Crippen molar-refractivity contribution in [3.05, 3.63) is 164 Å². The minimum absolute atomic E-state index is 1.19. The lowest BCUT2D eigenvalue weighted by atomic mass is 9.89. The highest BCUT2D eigenvalue weighted by Crippen LogP contribution is 2.52. The van der Waals surface area contributed by atoms with E-state index in [4.69, 9.17) is 0 Å². The Labute approximate surface area is 290 Å². The molecule has 0 spiro atoms. The molecular formula is C48H27NS. The van der Waals surface area contributed by atoms with Gasteiger partial charge in [-0.05, 0) is 78.1 Å². The predicted molar refractivity (Wildman–Crippen MR) is 219 cm³/mol. The molecular weight excluding hydrogens is 623 g/mol. The standard InChI is InChI=1S/C48H27NS/c1-2-15-31-29(13-1)30-14-3-4-18-34(30)40-27-28(25-26-35(31)40)49-41-23-11-9-21-38(41)45-43-36-19-7-5-16-32(36)33-17-6-8-20-37(33)44(43)46-39-22-10-12-24-42(39)50-48(46)47(45)49/h1-27H. The van der Waals surface area contributed by atoms with Gasteiger partial charge in [0.1, 0.15) is 0 Å². The maximum atomic E-state index is 2.56. The van der Waals surface area contributed by atoms with Crippen molar-refractivity contribution in [2.45, 2.75) is 0 Å². The number of aromatic nitrogens is 1. The Morgan fingerprint density at radius 2 is 0.760 bits per heavy atom. The quantitative estimate of drug-likeness (QED) is 0.156. The Kier molecular flexibility index (Phi) is 5.18. The molecule has 0 atom stereocenters. The highest BCUT2D eigenvalue weighted by atomic mass is 32.1. The molecule has 0 bridgehead atoms. The second-order valence-corrected chi connectivity index (χ2v) is 14.6. The molecule has 0 amide bonds. The van der Waals surface area contributed by atoms with Crippen LogP contribution in [-0.4, -0.2) is 4.57 Å². The molecule has 12 rings (SSSR count). The summed E-state index contributed by atoms with van der Waals surface area (Å²) < 4.78 is 5.23. The second kappa shape index (κ2) is 9.69. The number of para-hydroxylation sites is 1. The molecule has 0 saturated heterocycles. The molecule has 50 heavy (non-hydrogen) atoms. The lowest BCUT2D eigenvalue weighted by molar-refractivity contribution is 1.19. The fourth-order valence-corrected chi connectivity index (χ4v) is 10.4. The van der Waals surface area contributed by atoms with Gasteiger partial charge < -0.3 is 4.57 Å². The summed E-state index contributed by atoms with van der Waals surface area (Å²) in [4.78, 5) is 0. The van der Waals surface area contributed by atoms with Crippen molar-refractivity contribution in [3.8, 4) is 5.69 Å². The van der Waals surface area contributed by atoms with E-state index in [2.05, 4.69) is 168 Å². The van der Waals surface area contributed by atoms with Gasteiger partial charge in [-0.3, -0.25) is 0 Å². The van der Waals surface area contributed by atoms with Crippen LogP contribution in [0.5, 0.6) is 0 Å². The first-order valence-corrected chi connectivity index (χ1v) is 18.1. The first-order valence-electron chi connectivity index (χ1n) is 17.3. The maximum Gasteiger partial charge on any atom is 0.0726 e. The molecule has 2 heterocycles. The Morgan fingerprint density at radius 3 is 1.38 bits per heavy atom. The van der Waals surface area contributed by atoms with Crippen molar-refractivity contribution in [2.24, 2.45) is 0 Å². The van der Waals surface area contributed by atoms with Gasteiger partial charge >= 0.3 is 0 Å². The van der Waals surface area contributed by atoms with Crippen LogP contribution in [0.1, 0.15) is 0 Å². The fraction of sp³-hybridized carbons (Fsp3) is 0. The monoisotopic (exact) mass is 649 g/mol. The van der Waals surface area contributed by atoms with Crippen LogP contribution in [0.25, 0.3) is 112 Å². The Bertz CT molecular complexity index is 3400. The zero-order valence-corrected chi connectivity index (χ0v) is 27.8. The highest BCUT2D eigenvalue weighted by molar-refractivity contribution is 7.27. The minimum atomic E-state index is 1.19. The number of fused-ring (bicyclic) bond motifs is 21. The molecule has 1 nitrogen and oxygen atoms in total.